The van der Waals surface area contributed by atoms with Crippen LogP contribution in [0, 0.1) is 0 Å². The Morgan fingerprint density at radius 3 is 2.14 bits per heavy atom. The van der Waals surface area contributed by atoms with Crippen molar-refractivity contribution in [1.29, 1.82) is 0 Å². The first kappa shape index (κ1) is 22.9. The zero-order valence-corrected chi connectivity index (χ0v) is 14.2. The lowest BCUT2D eigenvalue weighted by Gasteiger charge is -2.22. The van der Waals surface area contributed by atoms with E-state index in [2.05, 4.69) is 31.2 Å². The van der Waals surface area contributed by atoms with Crippen LogP contribution in [-0.4, -0.2) is 36.3 Å². The molecule has 21 heavy (non-hydrogen) atoms. The highest BCUT2D eigenvalue weighted by atomic mass is 16.4. The second kappa shape index (κ2) is 17.7. The Hall–Kier alpha value is -0.395. The lowest BCUT2D eigenvalue weighted by Crippen LogP contribution is -2.31. The lowest BCUT2D eigenvalue weighted by atomic mass is 9.95. The predicted octanol–water partition coefficient (Wildman–Crippen LogP) is 1.82. The first-order chi connectivity index (χ1) is 9.93. The predicted molar refractivity (Wildman–Crippen MR) is 92.8 cm³/mol. The highest BCUT2D eigenvalue weighted by molar-refractivity contribution is 6.38. The van der Waals surface area contributed by atoms with Crippen LogP contribution in [0.15, 0.2) is 12.2 Å². The summed E-state index contributed by atoms with van der Waals surface area (Å²) in [6.07, 6.45) is 9.38. The Balaban J connectivity index is 0. The third kappa shape index (κ3) is 25.0. The van der Waals surface area contributed by atoms with Crippen LogP contribution in [0.25, 0.3) is 0 Å². The van der Waals surface area contributed by atoms with E-state index in [1.807, 2.05) is 0 Å². The van der Waals surface area contributed by atoms with Gasteiger partial charge in [-0.05, 0) is 33.0 Å². The molecule has 0 aromatic heterocycles. The molecule has 0 amide bonds. The fourth-order valence-corrected chi connectivity index (χ4v) is 1.90. The molecule has 5 nitrogen and oxygen atoms in total. The van der Waals surface area contributed by atoms with E-state index >= 15 is 0 Å². The van der Waals surface area contributed by atoms with Crippen molar-refractivity contribution < 1.29 is 10.0 Å². The second-order valence-corrected chi connectivity index (χ2v) is 5.61. The third-order valence-electron chi connectivity index (χ3n) is 2.97. The Morgan fingerprint density at radius 2 is 1.81 bits per heavy atom. The van der Waals surface area contributed by atoms with E-state index in [9.17, 15) is 0 Å². The molecule has 0 aromatic carbocycles. The van der Waals surface area contributed by atoms with Gasteiger partial charge in [0.15, 0.2) is 0 Å². The van der Waals surface area contributed by atoms with Crippen LogP contribution >= 0.6 is 0 Å². The molecule has 6 N–H and O–H groups in total. The van der Waals surface area contributed by atoms with Gasteiger partial charge in [0.1, 0.15) is 0 Å². The van der Waals surface area contributed by atoms with E-state index < -0.39 is 7.12 Å². The van der Waals surface area contributed by atoms with E-state index in [1.165, 1.54) is 57.3 Å². The van der Waals surface area contributed by atoms with Crippen LogP contribution in [0.5, 0.6) is 0 Å². The minimum Gasteiger partial charge on any atom is -0.427 e. The molecule has 126 valence electrons. The maximum Gasteiger partial charge on any atom is 0.448 e. The third-order valence-corrected chi connectivity index (χ3v) is 2.97. The number of unbranched alkanes of at least 4 members (excludes halogenated alkanes) is 1. The van der Waals surface area contributed by atoms with Crippen molar-refractivity contribution in [3.05, 3.63) is 12.2 Å². The molecule has 6 heteroatoms. The van der Waals surface area contributed by atoms with Gasteiger partial charge in [-0.2, -0.15) is 0 Å². The van der Waals surface area contributed by atoms with Gasteiger partial charge in [0.2, 0.25) is 0 Å². The molecule has 0 unspecified atom stereocenters. The first-order valence-electron chi connectivity index (χ1n) is 8.11. The van der Waals surface area contributed by atoms with E-state index in [0.717, 1.165) is 19.1 Å². The highest BCUT2D eigenvalue weighted by Crippen LogP contribution is 2.17. The monoisotopic (exact) mass is 301 g/mol. The van der Waals surface area contributed by atoms with Crippen molar-refractivity contribution in [3.8, 4) is 0 Å². The van der Waals surface area contributed by atoms with Crippen LogP contribution in [0.2, 0.25) is 6.82 Å². The average molecular weight is 301 g/mol. The highest BCUT2D eigenvalue weighted by Gasteiger charge is 2.11. The summed E-state index contributed by atoms with van der Waals surface area (Å²) in [7, 11) is -1.17. The summed E-state index contributed by atoms with van der Waals surface area (Å²) in [5.74, 6) is 4.96. The fraction of sp³-hybridized carbons (Fsp3) is 0.867. The van der Waals surface area contributed by atoms with E-state index in [0.29, 0.717) is 0 Å². The van der Waals surface area contributed by atoms with Crippen molar-refractivity contribution in [2.75, 3.05) is 13.1 Å². The van der Waals surface area contributed by atoms with Gasteiger partial charge in [0, 0.05) is 19.1 Å². The summed E-state index contributed by atoms with van der Waals surface area (Å²) in [5.41, 5.74) is 3.81. The molecule has 1 aliphatic rings. The molecule has 0 bridgehead atoms. The quantitative estimate of drug-likeness (QED) is 0.170. The zero-order valence-electron chi connectivity index (χ0n) is 14.2. The van der Waals surface area contributed by atoms with Crippen molar-refractivity contribution >= 4 is 7.12 Å². The fourth-order valence-electron chi connectivity index (χ4n) is 1.90. The maximum absolute atomic E-state index is 7.61. The maximum atomic E-state index is 7.61. The van der Waals surface area contributed by atoms with Gasteiger partial charge in [-0.3, -0.25) is 11.3 Å². The standard InChI is InChI=1S/C10H19N.C4H12N2.CH5BO2/c1-9(2)8-11-10-6-4-3-5-7-10;1-2-3-4-6-5;1-2(3)4/h10-11H,1,3-8H2,2H3;6H,2-5H2,1H3;3-4H,1H3. The van der Waals surface area contributed by atoms with Crippen molar-refractivity contribution in [1.82, 2.24) is 10.7 Å². The summed E-state index contributed by atoms with van der Waals surface area (Å²) in [6.45, 7) is 11.3. The van der Waals surface area contributed by atoms with Gasteiger partial charge in [0.05, 0.1) is 0 Å². The van der Waals surface area contributed by atoms with Crippen LogP contribution in [0.3, 0.4) is 0 Å². The van der Waals surface area contributed by atoms with E-state index in [-0.39, 0.29) is 0 Å². The zero-order chi connectivity index (χ0) is 16.5. The van der Waals surface area contributed by atoms with Gasteiger partial charge >= 0.3 is 7.12 Å². The summed E-state index contributed by atoms with van der Waals surface area (Å²) < 4.78 is 0. The van der Waals surface area contributed by atoms with Crippen LogP contribution in [0.1, 0.15) is 58.8 Å². The largest absolute Gasteiger partial charge is 0.448 e. The molecule has 1 fully saturated rings. The van der Waals surface area contributed by atoms with Crippen molar-refractivity contribution in [2.45, 2.75) is 71.7 Å². The van der Waals surface area contributed by atoms with Gasteiger partial charge in [-0.15, -0.1) is 0 Å². The van der Waals surface area contributed by atoms with Crippen LogP contribution in [0.4, 0.5) is 0 Å². The van der Waals surface area contributed by atoms with Gasteiger partial charge in [-0.25, -0.2) is 0 Å². The normalized spacial score (nSPS) is 14.4. The Kier molecular flexibility index (Phi) is 19.2. The lowest BCUT2D eigenvalue weighted by molar-refractivity contribution is 0.383. The Morgan fingerprint density at radius 1 is 1.29 bits per heavy atom. The molecule has 0 saturated heterocycles. The molecule has 0 aliphatic heterocycles. The van der Waals surface area contributed by atoms with Gasteiger partial charge in [0.25, 0.3) is 0 Å². The molecular weight excluding hydrogens is 265 g/mol. The molecular formula is C15H36BN3O2. The van der Waals surface area contributed by atoms with Gasteiger partial charge in [-0.1, -0.05) is 44.8 Å². The van der Waals surface area contributed by atoms with Gasteiger partial charge < -0.3 is 15.4 Å². The first-order valence-corrected chi connectivity index (χ1v) is 8.11. The SMILES string of the molecule is C=C(C)CNC1CCCCC1.CB(O)O.CCCCNN. The molecule has 0 atom stereocenters. The molecule has 1 aliphatic carbocycles. The van der Waals surface area contributed by atoms with Crippen LogP contribution < -0.4 is 16.6 Å². The topological polar surface area (TPSA) is 90.5 Å². The number of hydrazine groups is 1. The molecule has 0 aromatic rings. The molecule has 0 spiro atoms. The molecule has 0 radical (unpaired) electrons. The minimum absolute atomic E-state index is 0.778. The van der Waals surface area contributed by atoms with E-state index in [1.54, 1.807) is 0 Å². The summed E-state index contributed by atoms with van der Waals surface area (Å²) in [6, 6.07) is 0.778. The summed E-state index contributed by atoms with van der Waals surface area (Å²) in [4.78, 5) is 0. The number of nitrogens with one attached hydrogen (secondary N) is 2. The Bertz CT molecular complexity index is 216. The average Bonchev–Trinajstić information content (AvgIpc) is 2.44. The smallest absolute Gasteiger partial charge is 0.427 e. The summed E-state index contributed by atoms with van der Waals surface area (Å²) in [5, 5.41) is 18.7. The molecule has 0 heterocycles. The van der Waals surface area contributed by atoms with Crippen molar-refractivity contribution in [3.63, 3.8) is 0 Å². The number of hydrogen-bond donors (Lipinski definition) is 5. The number of nitrogens with two attached hydrogens (primary N) is 1. The molecule has 1 rings (SSSR count). The number of hydrogen-bond acceptors (Lipinski definition) is 5. The van der Waals surface area contributed by atoms with Crippen molar-refractivity contribution in [2.24, 2.45) is 5.84 Å². The second-order valence-electron chi connectivity index (χ2n) is 5.61. The summed E-state index contributed by atoms with van der Waals surface area (Å²) >= 11 is 0. The van der Waals surface area contributed by atoms with E-state index in [4.69, 9.17) is 15.9 Å². The Labute approximate surface area is 131 Å². The minimum atomic E-state index is -1.17. The molecule has 1 saturated carbocycles. The number of rotatable bonds is 6. The van der Waals surface area contributed by atoms with Crippen LogP contribution in [-0.2, 0) is 0 Å².